The first-order chi connectivity index (χ1) is 8.13. The number of esters is 2. The second kappa shape index (κ2) is 9.45. The second-order valence-electron chi connectivity index (χ2n) is 2.89. The Kier molecular flexibility index (Phi) is 8.46. The van der Waals surface area contributed by atoms with Crippen LogP contribution in [0.25, 0.3) is 0 Å². The van der Waals surface area contributed by atoms with Crippen LogP contribution in [0.3, 0.4) is 0 Å². The van der Waals surface area contributed by atoms with Crippen molar-refractivity contribution in [1.29, 1.82) is 0 Å². The second-order valence-corrected chi connectivity index (χ2v) is 2.89. The molecule has 0 saturated heterocycles. The van der Waals surface area contributed by atoms with Gasteiger partial charge in [0.1, 0.15) is 5.76 Å². The molecule has 0 aromatic heterocycles. The fourth-order valence-corrected chi connectivity index (χ4v) is 0.902. The van der Waals surface area contributed by atoms with Gasteiger partial charge in [0.25, 0.3) is 0 Å². The number of hydrogen-bond acceptors (Lipinski definition) is 5. The van der Waals surface area contributed by atoms with Gasteiger partial charge in [-0.3, -0.25) is 0 Å². The number of carbonyl (C=O) groups excluding carboxylic acids is 2. The predicted octanol–water partition coefficient (Wildman–Crippen LogP) is 1.94. The van der Waals surface area contributed by atoms with Crippen molar-refractivity contribution in [2.24, 2.45) is 0 Å². The fraction of sp³-hybridized carbons (Fsp3) is 0.500. The Balaban J connectivity index is 4.22. The Bertz CT molecular complexity index is 304. The zero-order valence-corrected chi connectivity index (χ0v) is 10.4. The monoisotopic (exact) mass is 242 g/mol. The van der Waals surface area contributed by atoms with Gasteiger partial charge in [-0.15, -0.1) is 0 Å². The van der Waals surface area contributed by atoms with Gasteiger partial charge in [0.2, 0.25) is 0 Å². The number of ether oxygens (including phenoxy) is 3. The molecule has 0 amide bonds. The molecule has 5 heteroatoms. The molecule has 0 saturated carbocycles. The van der Waals surface area contributed by atoms with Gasteiger partial charge >= 0.3 is 11.9 Å². The van der Waals surface area contributed by atoms with E-state index in [0.717, 1.165) is 6.08 Å². The lowest BCUT2D eigenvalue weighted by Gasteiger charge is -2.03. The van der Waals surface area contributed by atoms with Crippen LogP contribution in [0.1, 0.15) is 27.2 Å². The van der Waals surface area contributed by atoms with Crippen LogP contribution >= 0.6 is 0 Å². The van der Waals surface area contributed by atoms with Crippen LogP contribution in [-0.2, 0) is 23.8 Å². The van der Waals surface area contributed by atoms with Gasteiger partial charge < -0.3 is 14.2 Å². The highest BCUT2D eigenvalue weighted by Crippen LogP contribution is 2.04. The van der Waals surface area contributed by atoms with Crippen LogP contribution in [-0.4, -0.2) is 25.2 Å². The van der Waals surface area contributed by atoms with Crippen LogP contribution in [0.15, 0.2) is 24.2 Å². The molecule has 96 valence electrons. The summed E-state index contributed by atoms with van der Waals surface area (Å²) in [5.41, 5.74) is 0. The third-order valence-corrected chi connectivity index (χ3v) is 1.62. The Morgan fingerprint density at radius 2 is 1.59 bits per heavy atom. The summed E-state index contributed by atoms with van der Waals surface area (Å²) in [6.45, 7) is 5.88. The van der Waals surface area contributed by atoms with E-state index in [1.54, 1.807) is 13.8 Å². The van der Waals surface area contributed by atoms with Crippen LogP contribution in [0.2, 0.25) is 0 Å². The molecule has 0 radical (unpaired) electrons. The van der Waals surface area contributed by atoms with E-state index in [4.69, 9.17) is 9.47 Å². The average molecular weight is 242 g/mol. The van der Waals surface area contributed by atoms with Crippen LogP contribution < -0.4 is 0 Å². The Morgan fingerprint density at radius 3 is 2.12 bits per heavy atom. The molecule has 0 bridgehead atoms. The molecule has 0 aromatic rings. The van der Waals surface area contributed by atoms with E-state index in [1.165, 1.54) is 12.3 Å². The molecule has 0 heterocycles. The van der Waals surface area contributed by atoms with Gasteiger partial charge in [0, 0.05) is 6.42 Å². The van der Waals surface area contributed by atoms with Gasteiger partial charge in [-0.2, -0.15) is 0 Å². The zero-order chi connectivity index (χ0) is 13.1. The largest absolute Gasteiger partial charge is 0.469 e. The molecule has 0 N–H and O–H groups in total. The Morgan fingerprint density at radius 1 is 1.00 bits per heavy atom. The van der Waals surface area contributed by atoms with E-state index in [0.29, 0.717) is 25.4 Å². The molecule has 0 aromatic carbocycles. The van der Waals surface area contributed by atoms with E-state index in [-0.39, 0.29) is 0 Å². The standard InChI is InChI=1S/C12H18O5/c1-4-10(9-12(14)16-6-3)17-8-7-11(13)15-5-2/h7-9H,4-6H2,1-3H3/b8-7+,10-9+. The number of carbonyl (C=O) groups is 2. The number of rotatable bonds is 7. The van der Waals surface area contributed by atoms with Crippen molar-refractivity contribution < 1.29 is 23.8 Å². The highest BCUT2D eigenvalue weighted by atomic mass is 16.5. The van der Waals surface area contributed by atoms with E-state index < -0.39 is 11.9 Å². The molecule has 0 atom stereocenters. The van der Waals surface area contributed by atoms with Gasteiger partial charge in [-0.1, -0.05) is 6.92 Å². The smallest absolute Gasteiger partial charge is 0.334 e. The van der Waals surface area contributed by atoms with Gasteiger partial charge in [0.05, 0.1) is 31.6 Å². The minimum Gasteiger partial charge on any atom is -0.469 e. The summed E-state index contributed by atoms with van der Waals surface area (Å²) >= 11 is 0. The summed E-state index contributed by atoms with van der Waals surface area (Å²) in [5, 5.41) is 0. The van der Waals surface area contributed by atoms with Crippen molar-refractivity contribution >= 4 is 11.9 Å². The predicted molar refractivity (Wildman–Crippen MR) is 61.9 cm³/mol. The highest BCUT2D eigenvalue weighted by Gasteiger charge is 2.01. The Labute approximate surface area is 101 Å². The Hall–Kier alpha value is -1.78. The summed E-state index contributed by atoms with van der Waals surface area (Å²) in [5.74, 6) is -0.531. The lowest BCUT2D eigenvalue weighted by atomic mass is 10.3. The topological polar surface area (TPSA) is 61.8 Å². The first-order valence-electron chi connectivity index (χ1n) is 5.51. The van der Waals surface area contributed by atoms with Crippen molar-refractivity contribution in [3.63, 3.8) is 0 Å². The third kappa shape index (κ3) is 8.07. The number of allylic oxidation sites excluding steroid dienone is 1. The van der Waals surface area contributed by atoms with Crippen molar-refractivity contribution in [3.05, 3.63) is 24.2 Å². The van der Waals surface area contributed by atoms with Crippen molar-refractivity contribution in [2.75, 3.05) is 13.2 Å². The molecule has 17 heavy (non-hydrogen) atoms. The van der Waals surface area contributed by atoms with E-state index in [2.05, 4.69) is 4.74 Å². The van der Waals surface area contributed by atoms with Crippen molar-refractivity contribution in [2.45, 2.75) is 27.2 Å². The molecular formula is C12H18O5. The first-order valence-corrected chi connectivity index (χ1v) is 5.51. The minimum atomic E-state index is -0.487. The molecule has 0 aliphatic carbocycles. The summed E-state index contributed by atoms with van der Waals surface area (Å²) in [4.78, 5) is 22.1. The zero-order valence-electron chi connectivity index (χ0n) is 10.4. The molecule has 0 spiro atoms. The third-order valence-electron chi connectivity index (χ3n) is 1.62. The van der Waals surface area contributed by atoms with Crippen LogP contribution in [0.5, 0.6) is 0 Å². The number of hydrogen-bond donors (Lipinski definition) is 0. The summed E-state index contributed by atoms with van der Waals surface area (Å²) < 4.78 is 14.5. The van der Waals surface area contributed by atoms with Gasteiger partial charge in [0.15, 0.2) is 0 Å². The fourth-order valence-electron chi connectivity index (χ4n) is 0.902. The molecule has 0 aliphatic heterocycles. The van der Waals surface area contributed by atoms with E-state index >= 15 is 0 Å². The maximum atomic E-state index is 11.1. The minimum absolute atomic E-state index is 0.308. The highest BCUT2D eigenvalue weighted by molar-refractivity contribution is 5.82. The maximum Gasteiger partial charge on any atom is 0.334 e. The summed E-state index contributed by atoms with van der Waals surface area (Å²) in [7, 11) is 0. The van der Waals surface area contributed by atoms with E-state index in [9.17, 15) is 9.59 Å². The normalized spacial score (nSPS) is 11.4. The first kappa shape index (κ1) is 15.2. The van der Waals surface area contributed by atoms with Crippen molar-refractivity contribution in [1.82, 2.24) is 0 Å². The van der Waals surface area contributed by atoms with Crippen molar-refractivity contribution in [3.8, 4) is 0 Å². The quantitative estimate of drug-likeness (QED) is 0.388. The summed E-state index contributed by atoms with van der Waals surface area (Å²) in [6, 6.07) is 0. The molecule has 0 fully saturated rings. The van der Waals surface area contributed by atoms with Crippen LogP contribution in [0.4, 0.5) is 0 Å². The van der Waals surface area contributed by atoms with Crippen LogP contribution in [0, 0.1) is 0 Å². The molecular weight excluding hydrogens is 224 g/mol. The average Bonchev–Trinajstić information content (AvgIpc) is 2.28. The summed E-state index contributed by atoms with van der Waals surface area (Å²) in [6.07, 6.45) is 4.11. The molecule has 5 nitrogen and oxygen atoms in total. The SMILES string of the molecule is CCOC(=O)/C=C/O/C(=C/C(=O)OCC)CC. The molecule has 0 rings (SSSR count). The lowest BCUT2D eigenvalue weighted by Crippen LogP contribution is -2.02. The van der Waals surface area contributed by atoms with Gasteiger partial charge in [-0.25, -0.2) is 9.59 Å². The van der Waals surface area contributed by atoms with Gasteiger partial charge in [-0.05, 0) is 13.8 Å². The molecule has 0 aliphatic rings. The van der Waals surface area contributed by atoms with E-state index in [1.807, 2.05) is 6.92 Å². The molecule has 0 unspecified atom stereocenters. The maximum absolute atomic E-state index is 11.1. The lowest BCUT2D eigenvalue weighted by molar-refractivity contribution is -0.138.